The number of alkyl carbamates (subject to hydrolysis) is 1. The monoisotopic (exact) mass is 399 g/mol. The third kappa shape index (κ3) is 8.46. The second-order valence-corrected chi connectivity index (χ2v) is 8.19. The molecule has 0 aliphatic carbocycles. The average molecular weight is 400 g/mol. The number of likely N-dealkylation sites (tertiary alicyclic amines) is 1. The van der Waals surface area contributed by atoms with Crippen LogP contribution < -0.4 is 11.1 Å². The molecule has 1 aliphatic heterocycles. The molecule has 0 unspecified atom stereocenters. The number of nitrogens with two attached hydrogens (primary N) is 1. The summed E-state index contributed by atoms with van der Waals surface area (Å²) in [5.41, 5.74) is 4.93. The van der Waals surface area contributed by atoms with Crippen LogP contribution in [0.2, 0.25) is 0 Å². The largest absolute Gasteiger partial charge is 0.458 e. The van der Waals surface area contributed by atoms with E-state index in [1.165, 1.54) is 4.90 Å². The molecule has 0 radical (unpaired) electrons. The van der Waals surface area contributed by atoms with Gasteiger partial charge in [0.25, 0.3) is 0 Å². The van der Waals surface area contributed by atoms with Gasteiger partial charge in [0.05, 0.1) is 6.61 Å². The topological polar surface area (TPSA) is 111 Å². The number of hydrogen-bond acceptors (Lipinski definition) is 6. The first kappa shape index (κ1) is 24.2. The highest BCUT2D eigenvalue weighted by molar-refractivity contribution is 5.90. The van der Waals surface area contributed by atoms with Gasteiger partial charge < -0.3 is 25.4 Å². The van der Waals surface area contributed by atoms with Crippen LogP contribution in [0.4, 0.5) is 4.79 Å². The van der Waals surface area contributed by atoms with Crippen molar-refractivity contribution in [1.29, 1.82) is 0 Å². The lowest BCUT2D eigenvalue weighted by molar-refractivity contribution is -0.163. The molecule has 0 aromatic heterocycles. The highest BCUT2D eigenvalue weighted by Gasteiger charge is 2.39. The highest BCUT2D eigenvalue weighted by Crippen LogP contribution is 2.23. The quantitative estimate of drug-likeness (QED) is 0.431. The predicted octanol–water partition coefficient (Wildman–Crippen LogP) is 2.34. The maximum Gasteiger partial charge on any atom is 0.407 e. The summed E-state index contributed by atoms with van der Waals surface area (Å²) in [4.78, 5) is 39.2. The van der Waals surface area contributed by atoms with Gasteiger partial charge in [0.15, 0.2) is 0 Å². The van der Waals surface area contributed by atoms with Crippen molar-refractivity contribution in [2.45, 2.75) is 90.3 Å². The van der Waals surface area contributed by atoms with E-state index in [-0.39, 0.29) is 5.91 Å². The molecule has 0 bridgehead atoms. The molecule has 1 heterocycles. The molecule has 28 heavy (non-hydrogen) atoms. The van der Waals surface area contributed by atoms with Gasteiger partial charge in [-0.1, -0.05) is 13.3 Å². The minimum absolute atomic E-state index is 0.266. The van der Waals surface area contributed by atoms with E-state index in [1.807, 2.05) is 6.92 Å². The van der Waals surface area contributed by atoms with Crippen molar-refractivity contribution < 1.29 is 23.9 Å². The van der Waals surface area contributed by atoms with E-state index < -0.39 is 29.7 Å². The second-order valence-electron chi connectivity index (χ2n) is 8.19. The summed E-state index contributed by atoms with van der Waals surface area (Å²) in [6, 6.07) is -1.34. The Kier molecular flexibility index (Phi) is 10.3. The summed E-state index contributed by atoms with van der Waals surface area (Å²) < 4.78 is 10.6. The summed E-state index contributed by atoms with van der Waals surface area (Å²) in [5.74, 6) is -0.664. The number of ether oxygens (including phenoxy) is 2. The first-order valence-corrected chi connectivity index (χ1v) is 10.4. The molecule has 8 heteroatoms. The Hall–Kier alpha value is -1.83. The maximum atomic E-state index is 13.1. The lowest BCUT2D eigenvalue weighted by Crippen LogP contribution is -2.52. The van der Waals surface area contributed by atoms with Crippen LogP contribution >= 0.6 is 0 Å². The lowest BCUT2D eigenvalue weighted by Gasteiger charge is -2.30. The highest BCUT2D eigenvalue weighted by atomic mass is 16.6. The molecule has 1 aliphatic rings. The van der Waals surface area contributed by atoms with Crippen LogP contribution in [-0.2, 0) is 19.1 Å². The number of rotatable bonds is 10. The molecule has 0 aromatic carbocycles. The van der Waals surface area contributed by atoms with Gasteiger partial charge in [-0.3, -0.25) is 4.79 Å². The Morgan fingerprint density at radius 2 is 1.93 bits per heavy atom. The molecule has 0 spiro atoms. The minimum Gasteiger partial charge on any atom is -0.458 e. The maximum absolute atomic E-state index is 13.1. The Morgan fingerprint density at radius 1 is 1.21 bits per heavy atom. The second kappa shape index (κ2) is 11.9. The number of hydrogen-bond donors (Lipinski definition) is 2. The Bertz CT molecular complexity index is 518. The van der Waals surface area contributed by atoms with Crippen LogP contribution in [0.25, 0.3) is 0 Å². The number of amides is 2. The number of unbranched alkanes of at least 4 members (excludes halogenated alkanes) is 2. The van der Waals surface area contributed by atoms with Crippen molar-refractivity contribution in [1.82, 2.24) is 10.2 Å². The molecule has 162 valence electrons. The SMILES string of the molecule is CCCCOC(=O)N[C@@H](CCCCN)C(=O)N1CCC[C@H]1C(=O)OC(C)(C)C. The molecule has 1 saturated heterocycles. The van der Waals surface area contributed by atoms with E-state index in [1.54, 1.807) is 20.8 Å². The van der Waals surface area contributed by atoms with E-state index in [0.717, 1.165) is 25.7 Å². The minimum atomic E-state index is -0.733. The third-order valence-electron chi connectivity index (χ3n) is 4.48. The standard InChI is InChI=1S/C20H37N3O5/c1-5-6-14-27-19(26)22-15(10-7-8-12-21)17(24)23-13-9-11-16(23)18(25)28-20(2,3)4/h15-16H,5-14,21H2,1-4H3,(H,22,26)/t15-,16-/m0/s1. The summed E-state index contributed by atoms with van der Waals surface area (Å²) in [7, 11) is 0. The van der Waals surface area contributed by atoms with Gasteiger partial charge >= 0.3 is 12.1 Å². The average Bonchev–Trinajstić information content (AvgIpc) is 3.09. The number of esters is 1. The molecule has 0 saturated carbocycles. The predicted molar refractivity (Wildman–Crippen MR) is 107 cm³/mol. The molecule has 1 rings (SSSR count). The third-order valence-corrected chi connectivity index (χ3v) is 4.48. The van der Waals surface area contributed by atoms with Crippen molar-refractivity contribution in [3.05, 3.63) is 0 Å². The fourth-order valence-electron chi connectivity index (χ4n) is 3.09. The normalized spacial score (nSPS) is 17.9. The van der Waals surface area contributed by atoms with Crippen molar-refractivity contribution in [2.24, 2.45) is 5.73 Å². The van der Waals surface area contributed by atoms with Crippen LogP contribution in [0.1, 0.15) is 72.6 Å². The molecular formula is C20H37N3O5. The van der Waals surface area contributed by atoms with E-state index in [9.17, 15) is 14.4 Å². The van der Waals surface area contributed by atoms with Crippen molar-refractivity contribution in [3.8, 4) is 0 Å². The van der Waals surface area contributed by atoms with Gasteiger partial charge in [-0.15, -0.1) is 0 Å². The summed E-state index contributed by atoms with van der Waals surface area (Å²) in [6.07, 6.45) is 4.29. The molecule has 2 atom stereocenters. The van der Waals surface area contributed by atoms with Gasteiger partial charge in [0.2, 0.25) is 5.91 Å². The van der Waals surface area contributed by atoms with Crippen LogP contribution in [-0.4, -0.2) is 60.3 Å². The number of carbonyl (C=O) groups is 3. The lowest BCUT2D eigenvalue weighted by atomic mass is 10.1. The zero-order chi connectivity index (χ0) is 21.2. The fourth-order valence-corrected chi connectivity index (χ4v) is 3.09. The van der Waals surface area contributed by atoms with Crippen molar-refractivity contribution >= 4 is 18.0 Å². The van der Waals surface area contributed by atoms with Crippen LogP contribution in [0, 0.1) is 0 Å². The summed E-state index contributed by atoms with van der Waals surface area (Å²) >= 11 is 0. The molecule has 3 N–H and O–H groups in total. The first-order chi connectivity index (χ1) is 13.2. The molecule has 8 nitrogen and oxygen atoms in total. The van der Waals surface area contributed by atoms with E-state index in [2.05, 4.69) is 5.32 Å². The van der Waals surface area contributed by atoms with E-state index >= 15 is 0 Å². The fraction of sp³-hybridized carbons (Fsp3) is 0.850. The van der Waals surface area contributed by atoms with Crippen LogP contribution in [0.3, 0.4) is 0 Å². The van der Waals surface area contributed by atoms with Gasteiger partial charge in [-0.05, 0) is 65.8 Å². The van der Waals surface area contributed by atoms with Gasteiger partial charge in [0.1, 0.15) is 17.7 Å². The molecule has 2 amide bonds. The number of nitrogens with one attached hydrogen (secondary N) is 1. The van der Waals surface area contributed by atoms with E-state index in [0.29, 0.717) is 39.0 Å². The van der Waals surface area contributed by atoms with Crippen molar-refractivity contribution in [3.63, 3.8) is 0 Å². The Labute approximate surface area is 168 Å². The zero-order valence-corrected chi connectivity index (χ0v) is 17.8. The number of carbonyl (C=O) groups excluding carboxylic acids is 3. The molecular weight excluding hydrogens is 362 g/mol. The Balaban J connectivity index is 2.78. The van der Waals surface area contributed by atoms with Gasteiger partial charge in [-0.25, -0.2) is 9.59 Å². The van der Waals surface area contributed by atoms with Crippen molar-refractivity contribution in [2.75, 3.05) is 19.7 Å². The Morgan fingerprint density at radius 3 is 2.54 bits per heavy atom. The number of nitrogens with zero attached hydrogens (tertiary/aromatic N) is 1. The van der Waals surface area contributed by atoms with E-state index in [4.69, 9.17) is 15.2 Å². The van der Waals surface area contributed by atoms with Crippen LogP contribution in [0.5, 0.6) is 0 Å². The summed E-state index contributed by atoms with van der Waals surface area (Å²) in [5, 5.41) is 2.67. The first-order valence-electron chi connectivity index (χ1n) is 10.4. The zero-order valence-electron chi connectivity index (χ0n) is 17.8. The molecule has 0 aromatic rings. The molecule has 1 fully saturated rings. The van der Waals surface area contributed by atoms with Gasteiger partial charge in [-0.2, -0.15) is 0 Å². The van der Waals surface area contributed by atoms with Gasteiger partial charge in [0, 0.05) is 6.54 Å². The summed E-state index contributed by atoms with van der Waals surface area (Å²) in [6.45, 7) is 8.72. The van der Waals surface area contributed by atoms with Crippen LogP contribution in [0.15, 0.2) is 0 Å². The smallest absolute Gasteiger partial charge is 0.407 e.